The minimum atomic E-state index is -0.542. The van der Waals surface area contributed by atoms with Crippen LogP contribution in [0.25, 0.3) is 10.2 Å². The molecule has 9 heteroatoms. The third-order valence-electron chi connectivity index (χ3n) is 3.46. The van der Waals surface area contributed by atoms with Gasteiger partial charge in [0, 0.05) is 11.1 Å². The molecule has 0 atom stereocenters. The maximum Gasteiger partial charge on any atom is 0.324 e. The second-order valence-corrected chi connectivity index (χ2v) is 7.48. The third-order valence-corrected chi connectivity index (χ3v) is 5.94. The Hall–Kier alpha value is -2.47. The lowest BCUT2D eigenvalue weighted by atomic mass is 10.2. The fourth-order valence-corrected chi connectivity index (χ4v) is 4.27. The molecule has 126 valence electrons. The molecule has 0 N–H and O–H groups in total. The fourth-order valence-electron chi connectivity index (χ4n) is 2.32. The van der Waals surface area contributed by atoms with Gasteiger partial charge in [0.15, 0.2) is 4.80 Å². The molecule has 0 bridgehead atoms. The van der Waals surface area contributed by atoms with Crippen LogP contribution in [0.5, 0.6) is 0 Å². The number of nitro groups is 1. The normalized spacial score (nSPS) is 11.6. The van der Waals surface area contributed by atoms with Gasteiger partial charge in [-0.05, 0) is 30.7 Å². The predicted molar refractivity (Wildman–Crippen MR) is 99.3 cm³/mol. The van der Waals surface area contributed by atoms with E-state index in [9.17, 15) is 14.9 Å². The number of hydrogen-bond acceptors (Lipinski definition) is 5. The Balaban J connectivity index is 2.16. The number of thiophene rings is 1. The zero-order chi connectivity index (χ0) is 18.1. The van der Waals surface area contributed by atoms with Crippen molar-refractivity contribution in [3.8, 4) is 12.3 Å². The Labute approximate surface area is 155 Å². The number of carbonyl (C=O) groups excluding carboxylic acids is 1. The minimum Gasteiger partial charge on any atom is -0.304 e. The first-order chi connectivity index (χ1) is 11.9. The summed E-state index contributed by atoms with van der Waals surface area (Å²) in [5, 5.41) is 11.3. The maximum absolute atomic E-state index is 12.4. The van der Waals surface area contributed by atoms with Crippen molar-refractivity contribution in [3.05, 3.63) is 54.6 Å². The molecule has 1 aromatic carbocycles. The summed E-state index contributed by atoms with van der Waals surface area (Å²) < 4.78 is 2.65. The number of halogens is 1. The van der Waals surface area contributed by atoms with Crippen LogP contribution in [-0.4, -0.2) is 15.4 Å². The highest BCUT2D eigenvalue weighted by atomic mass is 35.5. The van der Waals surface area contributed by atoms with Crippen LogP contribution in [0.3, 0.4) is 0 Å². The molecule has 0 saturated heterocycles. The van der Waals surface area contributed by atoms with Gasteiger partial charge in [-0.3, -0.25) is 14.9 Å². The van der Waals surface area contributed by atoms with Crippen molar-refractivity contribution in [3.63, 3.8) is 0 Å². The summed E-state index contributed by atoms with van der Waals surface area (Å²) in [6, 6.07) is 6.32. The Morgan fingerprint density at radius 2 is 2.16 bits per heavy atom. The van der Waals surface area contributed by atoms with Gasteiger partial charge in [-0.1, -0.05) is 40.2 Å². The van der Waals surface area contributed by atoms with Crippen molar-refractivity contribution < 1.29 is 9.72 Å². The first-order valence-corrected chi connectivity index (χ1v) is 8.98. The van der Waals surface area contributed by atoms with Crippen LogP contribution in [0.4, 0.5) is 5.00 Å². The molecular weight excluding hydrogens is 382 g/mol. The number of benzene rings is 1. The van der Waals surface area contributed by atoms with Gasteiger partial charge in [0.25, 0.3) is 5.91 Å². The summed E-state index contributed by atoms with van der Waals surface area (Å²) in [7, 11) is 0. The lowest BCUT2D eigenvalue weighted by Gasteiger charge is -2.04. The monoisotopic (exact) mass is 391 g/mol. The number of fused-ring (bicyclic) bond motifs is 1. The van der Waals surface area contributed by atoms with Crippen LogP contribution in [0.2, 0.25) is 5.02 Å². The van der Waals surface area contributed by atoms with E-state index in [1.165, 1.54) is 23.5 Å². The van der Waals surface area contributed by atoms with Crippen molar-refractivity contribution in [2.24, 2.45) is 4.99 Å². The van der Waals surface area contributed by atoms with Crippen LogP contribution in [0, 0.1) is 29.4 Å². The number of aryl methyl sites for hydroxylation is 1. The van der Waals surface area contributed by atoms with Gasteiger partial charge in [0.2, 0.25) is 0 Å². The van der Waals surface area contributed by atoms with E-state index in [1.807, 2.05) is 13.0 Å². The highest BCUT2D eigenvalue weighted by Crippen LogP contribution is 2.28. The molecule has 2 heterocycles. The topological polar surface area (TPSA) is 77.5 Å². The second kappa shape index (κ2) is 6.80. The van der Waals surface area contributed by atoms with Gasteiger partial charge in [-0.25, -0.2) is 0 Å². The SMILES string of the molecule is C#CCn1c(=NC(=O)c2ccc([N+](=O)[O-])s2)sc2ccc(Cl)c(C)c21. The second-order valence-electron chi connectivity index (χ2n) is 5.01. The smallest absolute Gasteiger partial charge is 0.304 e. The zero-order valence-corrected chi connectivity index (χ0v) is 15.2. The zero-order valence-electron chi connectivity index (χ0n) is 12.9. The van der Waals surface area contributed by atoms with Gasteiger partial charge in [-0.2, -0.15) is 4.99 Å². The van der Waals surface area contributed by atoms with E-state index in [4.69, 9.17) is 18.0 Å². The van der Waals surface area contributed by atoms with Crippen molar-refractivity contribution in [2.75, 3.05) is 0 Å². The Morgan fingerprint density at radius 3 is 2.80 bits per heavy atom. The standard InChI is InChI=1S/C16H10ClN3O3S2/c1-3-8-19-14-9(2)10(17)4-5-11(14)25-16(19)18-15(21)12-6-7-13(24-12)20(22)23/h1,4-7H,8H2,2H3. The maximum atomic E-state index is 12.4. The summed E-state index contributed by atoms with van der Waals surface area (Å²) in [4.78, 5) is 27.3. The third kappa shape index (κ3) is 3.22. The van der Waals surface area contributed by atoms with Crippen LogP contribution in [0.15, 0.2) is 29.3 Å². The van der Waals surface area contributed by atoms with Gasteiger partial charge in [0.1, 0.15) is 4.88 Å². The number of amides is 1. The van der Waals surface area contributed by atoms with Crippen molar-refractivity contribution in [1.82, 2.24) is 4.57 Å². The Bertz CT molecular complexity index is 1120. The predicted octanol–water partition coefficient (Wildman–Crippen LogP) is 4.01. The average Bonchev–Trinajstić information content (AvgIpc) is 3.18. The van der Waals surface area contributed by atoms with Crippen LogP contribution < -0.4 is 4.80 Å². The summed E-state index contributed by atoms with van der Waals surface area (Å²) >= 11 is 8.29. The van der Waals surface area contributed by atoms with Crippen LogP contribution >= 0.6 is 34.3 Å². The van der Waals surface area contributed by atoms with E-state index in [2.05, 4.69) is 10.9 Å². The fraction of sp³-hybridized carbons (Fsp3) is 0.125. The molecule has 0 spiro atoms. The average molecular weight is 392 g/mol. The number of aromatic nitrogens is 1. The molecule has 0 saturated carbocycles. The first kappa shape index (κ1) is 17.4. The number of hydrogen-bond donors (Lipinski definition) is 0. The summed E-state index contributed by atoms with van der Waals surface area (Å²) in [6.07, 6.45) is 5.45. The molecule has 0 aliphatic rings. The molecule has 0 fully saturated rings. The number of terminal acetylenes is 1. The highest BCUT2D eigenvalue weighted by Gasteiger charge is 2.16. The molecule has 0 aliphatic heterocycles. The molecule has 2 aromatic heterocycles. The molecule has 6 nitrogen and oxygen atoms in total. The number of carbonyl (C=O) groups is 1. The summed E-state index contributed by atoms with van der Waals surface area (Å²) in [5.41, 5.74) is 1.69. The molecule has 3 rings (SSSR count). The lowest BCUT2D eigenvalue weighted by Crippen LogP contribution is -2.16. The number of nitrogens with zero attached hydrogens (tertiary/aromatic N) is 3. The molecule has 0 aliphatic carbocycles. The molecule has 3 aromatic rings. The van der Waals surface area contributed by atoms with Crippen LogP contribution in [0.1, 0.15) is 15.2 Å². The van der Waals surface area contributed by atoms with E-state index in [0.29, 0.717) is 9.82 Å². The van der Waals surface area contributed by atoms with E-state index in [0.717, 1.165) is 27.1 Å². The quantitative estimate of drug-likeness (QED) is 0.384. The van der Waals surface area contributed by atoms with Crippen molar-refractivity contribution >= 4 is 55.4 Å². The number of rotatable bonds is 3. The molecule has 25 heavy (non-hydrogen) atoms. The Morgan fingerprint density at radius 1 is 1.40 bits per heavy atom. The van der Waals surface area contributed by atoms with Crippen molar-refractivity contribution in [1.29, 1.82) is 0 Å². The van der Waals surface area contributed by atoms with E-state index in [-0.39, 0.29) is 16.4 Å². The highest BCUT2D eigenvalue weighted by molar-refractivity contribution is 7.17. The molecule has 1 amide bonds. The number of thiazole rings is 1. The van der Waals surface area contributed by atoms with Gasteiger partial charge in [-0.15, -0.1) is 6.42 Å². The van der Waals surface area contributed by atoms with E-state index >= 15 is 0 Å². The first-order valence-electron chi connectivity index (χ1n) is 6.97. The van der Waals surface area contributed by atoms with E-state index in [1.54, 1.807) is 10.6 Å². The van der Waals surface area contributed by atoms with Crippen LogP contribution in [-0.2, 0) is 6.54 Å². The summed E-state index contributed by atoms with van der Waals surface area (Å²) in [5.74, 6) is 2.01. The van der Waals surface area contributed by atoms with Gasteiger partial charge < -0.3 is 4.57 Å². The lowest BCUT2D eigenvalue weighted by molar-refractivity contribution is -0.380. The van der Waals surface area contributed by atoms with Gasteiger partial charge in [0.05, 0.1) is 21.7 Å². The molecular formula is C16H10ClN3O3S2. The van der Waals surface area contributed by atoms with Gasteiger partial charge >= 0.3 is 5.00 Å². The minimum absolute atomic E-state index is 0.103. The Kier molecular flexibility index (Phi) is 4.72. The van der Waals surface area contributed by atoms with E-state index < -0.39 is 10.8 Å². The van der Waals surface area contributed by atoms with Crippen molar-refractivity contribution in [2.45, 2.75) is 13.5 Å². The molecule has 0 radical (unpaired) electrons. The summed E-state index contributed by atoms with van der Waals surface area (Å²) in [6.45, 7) is 2.11. The molecule has 0 unspecified atom stereocenters. The largest absolute Gasteiger partial charge is 0.324 e.